The second-order valence-corrected chi connectivity index (χ2v) is 5.00. The maximum atomic E-state index is 11.5. The molecule has 1 aromatic rings. The van der Waals surface area contributed by atoms with Crippen LogP contribution >= 0.6 is 39.1 Å². The van der Waals surface area contributed by atoms with Crippen LogP contribution in [0, 0.1) is 0 Å². The van der Waals surface area contributed by atoms with Crippen molar-refractivity contribution in [3.63, 3.8) is 0 Å². The van der Waals surface area contributed by atoms with Crippen LogP contribution in [0.2, 0.25) is 5.15 Å². The fourth-order valence-electron chi connectivity index (χ4n) is 1.39. The highest BCUT2D eigenvalue weighted by atomic mass is 79.9. The van der Waals surface area contributed by atoms with Crippen LogP contribution in [0.3, 0.4) is 0 Å². The Morgan fingerprint density at radius 1 is 1.53 bits per heavy atom. The van der Waals surface area contributed by atoms with Crippen LogP contribution in [0.5, 0.6) is 0 Å². The monoisotopic (exact) mass is 309 g/mol. The minimum absolute atomic E-state index is 0.0488. The summed E-state index contributed by atoms with van der Waals surface area (Å²) in [5.41, 5.74) is 0. The van der Waals surface area contributed by atoms with Gasteiger partial charge in [0.1, 0.15) is 0 Å². The van der Waals surface area contributed by atoms with Gasteiger partial charge in [0, 0.05) is 13.0 Å². The molecule has 7 heteroatoms. The molecule has 1 unspecified atom stereocenters. The summed E-state index contributed by atoms with van der Waals surface area (Å²) in [7, 11) is 0. The maximum Gasteiger partial charge on any atom is 0.229 e. The van der Waals surface area contributed by atoms with Gasteiger partial charge in [-0.2, -0.15) is 0 Å². The van der Waals surface area contributed by atoms with E-state index in [9.17, 15) is 4.79 Å². The topological polar surface area (TPSA) is 46.1 Å². The third kappa shape index (κ3) is 2.24. The van der Waals surface area contributed by atoms with Crippen LogP contribution in [-0.4, -0.2) is 28.0 Å². The van der Waals surface area contributed by atoms with Crippen LogP contribution in [0.25, 0.3) is 0 Å². The summed E-state index contributed by atoms with van der Waals surface area (Å²) in [5, 5.41) is 7.67. The maximum absolute atomic E-state index is 11.5. The third-order valence-corrected chi connectivity index (χ3v) is 3.09. The van der Waals surface area contributed by atoms with Crippen molar-refractivity contribution in [2.45, 2.75) is 11.8 Å². The van der Waals surface area contributed by atoms with Gasteiger partial charge in [0.15, 0.2) is 11.0 Å². The van der Waals surface area contributed by atoms with Crippen LogP contribution in [-0.2, 0) is 4.79 Å². The van der Waals surface area contributed by atoms with E-state index < -0.39 is 0 Å². The first-order chi connectivity index (χ1) is 7.08. The third-order valence-electron chi connectivity index (χ3n) is 2.03. The lowest BCUT2D eigenvalue weighted by molar-refractivity contribution is -0.117. The molecular weight excluding hydrogens is 305 g/mol. The van der Waals surface area contributed by atoms with Crippen molar-refractivity contribution in [3.05, 3.63) is 15.7 Å². The van der Waals surface area contributed by atoms with Gasteiger partial charge in [-0.1, -0.05) is 11.6 Å². The van der Waals surface area contributed by atoms with E-state index >= 15 is 0 Å². The highest BCUT2D eigenvalue weighted by Crippen LogP contribution is 2.29. The summed E-state index contributed by atoms with van der Waals surface area (Å²) in [6, 6.07) is 1.60. The Hall–Kier alpha value is -0.390. The van der Waals surface area contributed by atoms with Gasteiger partial charge >= 0.3 is 0 Å². The van der Waals surface area contributed by atoms with Crippen molar-refractivity contribution in [1.82, 2.24) is 10.2 Å². The minimum atomic E-state index is -0.165. The molecule has 80 valence electrons. The van der Waals surface area contributed by atoms with E-state index in [0.717, 1.165) is 0 Å². The number of nitrogens with zero attached hydrogens (tertiary/aromatic N) is 3. The largest absolute Gasteiger partial charge is 0.293 e. The van der Waals surface area contributed by atoms with Crippen LogP contribution < -0.4 is 4.90 Å². The smallest absolute Gasteiger partial charge is 0.229 e. The number of hydrogen-bond acceptors (Lipinski definition) is 3. The van der Waals surface area contributed by atoms with Gasteiger partial charge < -0.3 is 0 Å². The van der Waals surface area contributed by atoms with Gasteiger partial charge in [-0.05, 0) is 22.0 Å². The number of carbonyl (C=O) groups excluding carboxylic acids is 1. The summed E-state index contributed by atoms with van der Waals surface area (Å²) >= 11 is 14.8. The highest BCUT2D eigenvalue weighted by molar-refractivity contribution is 9.10. The number of amides is 1. The van der Waals surface area contributed by atoms with E-state index in [1.807, 2.05) is 0 Å². The van der Waals surface area contributed by atoms with E-state index in [-0.39, 0.29) is 16.4 Å². The summed E-state index contributed by atoms with van der Waals surface area (Å²) in [4.78, 5) is 13.0. The Morgan fingerprint density at radius 3 is 2.80 bits per heavy atom. The lowest BCUT2D eigenvalue weighted by Crippen LogP contribution is -2.26. The van der Waals surface area contributed by atoms with Crippen molar-refractivity contribution < 1.29 is 4.79 Å². The van der Waals surface area contributed by atoms with Gasteiger partial charge in [-0.25, -0.2) is 0 Å². The molecule has 2 heterocycles. The lowest BCUT2D eigenvalue weighted by Gasteiger charge is -2.15. The van der Waals surface area contributed by atoms with Crippen molar-refractivity contribution >= 4 is 50.9 Å². The van der Waals surface area contributed by atoms with Crippen molar-refractivity contribution in [1.29, 1.82) is 0 Å². The Balaban J connectivity index is 2.34. The fourth-order valence-corrected chi connectivity index (χ4v) is 2.45. The fraction of sp³-hybridized carbons (Fsp3) is 0.375. The summed E-state index contributed by atoms with van der Waals surface area (Å²) in [6.07, 6.45) is 0.332. The number of aromatic nitrogens is 2. The van der Waals surface area contributed by atoms with Crippen LogP contribution in [0.15, 0.2) is 10.5 Å². The molecule has 15 heavy (non-hydrogen) atoms. The summed E-state index contributed by atoms with van der Waals surface area (Å²) in [5.74, 6) is 0.417. The van der Waals surface area contributed by atoms with E-state index in [0.29, 0.717) is 23.3 Å². The average Bonchev–Trinajstić information content (AvgIpc) is 2.45. The van der Waals surface area contributed by atoms with Gasteiger partial charge in [-0.3, -0.25) is 9.69 Å². The summed E-state index contributed by atoms with van der Waals surface area (Å²) in [6.45, 7) is 0.454. The van der Waals surface area contributed by atoms with E-state index in [2.05, 4.69) is 26.1 Å². The van der Waals surface area contributed by atoms with Crippen molar-refractivity contribution in [2.24, 2.45) is 0 Å². The second-order valence-electron chi connectivity index (χ2n) is 3.14. The number of carbonyl (C=O) groups is 1. The van der Waals surface area contributed by atoms with Crippen LogP contribution in [0.1, 0.15) is 6.42 Å². The molecule has 4 nitrogen and oxygen atoms in total. The lowest BCUT2D eigenvalue weighted by atomic mass is 10.4. The first-order valence-electron chi connectivity index (χ1n) is 4.21. The second kappa shape index (κ2) is 4.23. The molecule has 1 atom stereocenters. The predicted octanol–water partition coefficient (Wildman–Crippen LogP) is 2.24. The molecule has 0 bridgehead atoms. The zero-order valence-corrected chi connectivity index (χ0v) is 10.6. The zero-order valence-electron chi connectivity index (χ0n) is 7.45. The molecule has 1 fully saturated rings. The van der Waals surface area contributed by atoms with Crippen molar-refractivity contribution in [2.75, 3.05) is 11.4 Å². The molecule has 1 aliphatic rings. The number of halogens is 3. The normalized spacial score (nSPS) is 21.1. The highest BCUT2D eigenvalue weighted by Gasteiger charge is 2.31. The number of anilines is 1. The molecule has 0 spiro atoms. The summed E-state index contributed by atoms with van der Waals surface area (Å²) < 4.78 is 0.640. The zero-order chi connectivity index (χ0) is 11.0. The Bertz CT molecular complexity index is 415. The molecule has 0 N–H and O–H groups in total. The van der Waals surface area contributed by atoms with Gasteiger partial charge in [0.2, 0.25) is 5.91 Å². The molecule has 1 saturated heterocycles. The Morgan fingerprint density at radius 2 is 2.27 bits per heavy atom. The first kappa shape index (κ1) is 11.1. The van der Waals surface area contributed by atoms with Crippen molar-refractivity contribution in [3.8, 4) is 0 Å². The Labute approximate surface area is 105 Å². The standard InChI is InChI=1S/C8H6BrCl2N3O/c9-5-2-6(11)12-13-8(5)14-3-4(10)1-7(14)15/h2,4H,1,3H2. The molecule has 1 aliphatic heterocycles. The van der Waals surface area contributed by atoms with E-state index in [1.165, 1.54) is 4.90 Å². The predicted molar refractivity (Wildman–Crippen MR) is 61.4 cm³/mol. The molecule has 1 aromatic heterocycles. The molecule has 0 saturated carbocycles. The van der Waals surface area contributed by atoms with Gasteiger partial charge in [0.05, 0.1) is 9.85 Å². The van der Waals surface area contributed by atoms with Gasteiger partial charge in [-0.15, -0.1) is 21.8 Å². The molecular formula is C8H6BrCl2N3O. The van der Waals surface area contributed by atoms with E-state index in [4.69, 9.17) is 23.2 Å². The SMILES string of the molecule is O=C1CC(Cl)CN1c1nnc(Cl)cc1Br. The molecule has 0 radical (unpaired) electrons. The van der Waals surface area contributed by atoms with E-state index in [1.54, 1.807) is 6.07 Å². The average molecular weight is 311 g/mol. The van der Waals surface area contributed by atoms with Crippen LogP contribution in [0.4, 0.5) is 5.82 Å². The first-order valence-corrected chi connectivity index (χ1v) is 5.82. The molecule has 1 amide bonds. The molecule has 2 rings (SSSR count). The quantitative estimate of drug-likeness (QED) is 0.747. The van der Waals surface area contributed by atoms with Gasteiger partial charge in [0.25, 0.3) is 0 Å². The molecule has 0 aromatic carbocycles. The number of hydrogen-bond donors (Lipinski definition) is 0. The number of rotatable bonds is 1. The number of alkyl halides is 1. The molecule has 0 aliphatic carbocycles. The Kier molecular flexibility index (Phi) is 3.13. The minimum Gasteiger partial charge on any atom is -0.293 e.